The second kappa shape index (κ2) is 11.8. The second-order valence-electron chi connectivity index (χ2n) is 6.94. The van der Waals surface area contributed by atoms with E-state index in [2.05, 4.69) is 32.3 Å². The summed E-state index contributed by atoms with van der Waals surface area (Å²) in [6.07, 6.45) is 5.27. The summed E-state index contributed by atoms with van der Waals surface area (Å²) in [5, 5.41) is 7.14. The number of hydrogen-bond acceptors (Lipinski definition) is 7. The quantitative estimate of drug-likeness (QED) is 0.245. The minimum atomic E-state index is 0.494. The van der Waals surface area contributed by atoms with E-state index < -0.39 is 0 Å². The molecule has 0 aliphatic carbocycles. The van der Waals surface area contributed by atoms with Crippen LogP contribution >= 0.6 is 11.6 Å². The molecule has 3 rings (SSSR count). The summed E-state index contributed by atoms with van der Waals surface area (Å²) in [4.78, 5) is 12.9. The molecule has 2 aromatic carbocycles. The summed E-state index contributed by atoms with van der Waals surface area (Å²) < 4.78 is 12.4. The normalized spacial score (nSPS) is 11.9. The lowest BCUT2D eigenvalue weighted by molar-refractivity contribution is 0.146. The van der Waals surface area contributed by atoms with Gasteiger partial charge in [0.25, 0.3) is 0 Å². The van der Waals surface area contributed by atoms with E-state index in [1.807, 2.05) is 54.0 Å². The number of para-hydroxylation sites is 1. The van der Waals surface area contributed by atoms with Crippen LogP contribution in [-0.4, -0.2) is 49.5 Å². The Morgan fingerprint density at radius 1 is 1.21 bits per heavy atom. The van der Waals surface area contributed by atoms with Crippen molar-refractivity contribution in [2.24, 2.45) is 9.98 Å². The number of rotatable bonds is 10. The topological polar surface area (TPSA) is 85.1 Å². The molecule has 172 valence electrons. The molecule has 33 heavy (non-hydrogen) atoms. The predicted octanol–water partition coefficient (Wildman–Crippen LogP) is 5.14. The number of hydrogen-bond donors (Lipinski definition) is 2. The van der Waals surface area contributed by atoms with Gasteiger partial charge in [0.2, 0.25) is 5.95 Å². The zero-order chi connectivity index (χ0) is 23.6. The Kier molecular flexibility index (Phi) is 8.63. The molecule has 2 N–H and O–H groups in total. The molecule has 8 nitrogen and oxygen atoms in total. The lowest BCUT2D eigenvalue weighted by atomic mass is 10.2. The number of aromatic nitrogens is 2. The minimum absolute atomic E-state index is 0.494. The summed E-state index contributed by atoms with van der Waals surface area (Å²) >= 11 is 6.37. The molecule has 0 bridgehead atoms. The van der Waals surface area contributed by atoms with E-state index in [-0.39, 0.29) is 0 Å². The molecule has 0 spiro atoms. The van der Waals surface area contributed by atoms with Crippen LogP contribution in [0.5, 0.6) is 5.75 Å². The molecule has 9 heteroatoms. The van der Waals surface area contributed by atoms with E-state index in [0.29, 0.717) is 35.8 Å². The van der Waals surface area contributed by atoms with Crippen molar-refractivity contribution < 1.29 is 9.47 Å². The first-order valence-electron chi connectivity index (χ1n) is 10.3. The van der Waals surface area contributed by atoms with Crippen LogP contribution in [0.25, 0.3) is 0 Å². The van der Waals surface area contributed by atoms with Crippen LogP contribution in [0, 0.1) is 6.92 Å². The van der Waals surface area contributed by atoms with Crippen molar-refractivity contribution in [2.45, 2.75) is 6.92 Å². The largest absolute Gasteiger partial charge is 0.491 e. The second-order valence-corrected chi connectivity index (χ2v) is 7.34. The standard InChI is InChI=1S/C24H27ClN6O2/c1-17-6-5-7-20(25)23(17)30-24-28-12-13-31(24)22(27-3)16-21(26-2)29-18-8-10-19(11-9-18)33-15-14-32-4/h5-13,16,29H,2,14-15H2,1,3-4H3,(H,28,30)/b21-16+,27-22+. The molecule has 0 saturated heterocycles. The van der Waals surface area contributed by atoms with Crippen LogP contribution in [0.3, 0.4) is 0 Å². The Labute approximate surface area is 198 Å². The fourth-order valence-electron chi connectivity index (χ4n) is 2.99. The predicted molar refractivity (Wildman–Crippen MR) is 136 cm³/mol. The maximum absolute atomic E-state index is 6.37. The molecule has 3 aromatic rings. The van der Waals surface area contributed by atoms with Crippen LogP contribution in [0.15, 0.2) is 76.7 Å². The van der Waals surface area contributed by atoms with E-state index in [0.717, 1.165) is 22.7 Å². The van der Waals surface area contributed by atoms with E-state index in [9.17, 15) is 0 Å². The summed E-state index contributed by atoms with van der Waals surface area (Å²) in [6.45, 7) is 6.68. The van der Waals surface area contributed by atoms with Gasteiger partial charge in [-0.15, -0.1) is 0 Å². The van der Waals surface area contributed by atoms with Crippen LogP contribution in [0.2, 0.25) is 5.02 Å². The maximum Gasteiger partial charge on any atom is 0.213 e. The van der Waals surface area contributed by atoms with E-state index in [1.54, 1.807) is 32.6 Å². The van der Waals surface area contributed by atoms with Crippen LogP contribution in [0.4, 0.5) is 17.3 Å². The third-order valence-corrected chi connectivity index (χ3v) is 5.01. The SMILES string of the molecule is C=N/C(=C\C(=N/C)n1ccnc1Nc1c(C)cccc1Cl)Nc1ccc(OCCOC)cc1. The Hall–Kier alpha value is -3.62. The van der Waals surface area contributed by atoms with Gasteiger partial charge in [0, 0.05) is 38.3 Å². The van der Waals surface area contributed by atoms with Gasteiger partial charge in [0.1, 0.15) is 24.0 Å². The number of ether oxygens (including phenoxy) is 2. The lowest BCUT2D eigenvalue weighted by Crippen LogP contribution is -2.14. The van der Waals surface area contributed by atoms with Gasteiger partial charge in [-0.3, -0.25) is 9.56 Å². The third-order valence-electron chi connectivity index (χ3n) is 4.69. The number of benzene rings is 2. The van der Waals surface area contributed by atoms with Crippen LogP contribution < -0.4 is 15.4 Å². The molecule has 0 radical (unpaired) electrons. The summed E-state index contributed by atoms with van der Waals surface area (Å²) in [7, 11) is 3.34. The first kappa shape index (κ1) is 24.0. The van der Waals surface area contributed by atoms with Crippen LogP contribution in [-0.2, 0) is 4.74 Å². The van der Waals surface area contributed by atoms with E-state index >= 15 is 0 Å². The third kappa shape index (κ3) is 6.44. The monoisotopic (exact) mass is 466 g/mol. The van der Waals surface area contributed by atoms with Crippen molar-refractivity contribution >= 4 is 41.5 Å². The summed E-state index contributed by atoms with van der Waals surface area (Å²) in [5.74, 6) is 2.46. The number of aryl methyl sites for hydroxylation is 1. The number of anilines is 3. The Morgan fingerprint density at radius 2 is 2.00 bits per heavy atom. The number of aliphatic imine (C=N–C) groups is 2. The fraction of sp³-hybridized carbons (Fsp3) is 0.208. The van der Waals surface area contributed by atoms with Gasteiger partial charge < -0.3 is 20.1 Å². The number of nitrogens with one attached hydrogen (secondary N) is 2. The molecular weight excluding hydrogens is 440 g/mol. The van der Waals surface area contributed by atoms with Crippen molar-refractivity contribution in [3.05, 3.63) is 77.3 Å². The smallest absolute Gasteiger partial charge is 0.213 e. The van der Waals surface area contributed by atoms with Gasteiger partial charge in [0.05, 0.1) is 17.3 Å². The minimum Gasteiger partial charge on any atom is -0.491 e. The summed E-state index contributed by atoms with van der Waals surface area (Å²) in [5.41, 5.74) is 2.63. The van der Waals surface area contributed by atoms with Gasteiger partial charge in [-0.2, -0.15) is 0 Å². The Bertz CT molecular complexity index is 1120. The average molecular weight is 467 g/mol. The molecule has 0 unspecified atom stereocenters. The number of methoxy groups -OCH3 is 1. The van der Waals surface area contributed by atoms with Gasteiger partial charge in [-0.25, -0.2) is 9.98 Å². The zero-order valence-corrected chi connectivity index (χ0v) is 19.6. The highest BCUT2D eigenvalue weighted by molar-refractivity contribution is 6.33. The van der Waals surface area contributed by atoms with Crippen LogP contribution in [0.1, 0.15) is 5.56 Å². The van der Waals surface area contributed by atoms with E-state index in [1.165, 1.54) is 0 Å². The molecule has 0 fully saturated rings. The molecule has 0 saturated carbocycles. The fourth-order valence-corrected chi connectivity index (χ4v) is 3.26. The number of halogens is 1. The van der Waals surface area contributed by atoms with Crippen molar-refractivity contribution in [1.29, 1.82) is 0 Å². The average Bonchev–Trinajstić information content (AvgIpc) is 3.28. The van der Waals surface area contributed by atoms with Crippen molar-refractivity contribution in [3.63, 3.8) is 0 Å². The molecule has 1 aromatic heterocycles. The molecule has 1 heterocycles. The highest BCUT2D eigenvalue weighted by Gasteiger charge is 2.11. The van der Waals surface area contributed by atoms with Crippen molar-refractivity contribution in [3.8, 4) is 5.75 Å². The number of imidazole rings is 1. The molecule has 0 aliphatic heterocycles. The highest BCUT2D eigenvalue weighted by atomic mass is 35.5. The Balaban J connectivity index is 1.77. The maximum atomic E-state index is 6.37. The molecular formula is C24H27ClN6O2. The summed E-state index contributed by atoms with van der Waals surface area (Å²) in [6, 6.07) is 13.3. The first-order valence-corrected chi connectivity index (χ1v) is 10.6. The van der Waals surface area contributed by atoms with Gasteiger partial charge in [0.15, 0.2) is 0 Å². The van der Waals surface area contributed by atoms with Crippen molar-refractivity contribution in [1.82, 2.24) is 9.55 Å². The number of allylic oxidation sites excluding steroid dienone is 1. The zero-order valence-electron chi connectivity index (χ0n) is 18.9. The lowest BCUT2D eigenvalue weighted by Gasteiger charge is -2.14. The Morgan fingerprint density at radius 3 is 2.67 bits per heavy atom. The first-order chi connectivity index (χ1) is 16.0. The van der Waals surface area contributed by atoms with Gasteiger partial charge >= 0.3 is 0 Å². The highest BCUT2D eigenvalue weighted by Crippen LogP contribution is 2.28. The molecule has 0 atom stereocenters. The van der Waals surface area contributed by atoms with Gasteiger partial charge in [-0.05, 0) is 49.5 Å². The van der Waals surface area contributed by atoms with Gasteiger partial charge in [-0.1, -0.05) is 23.7 Å². The molecule has 0 aliphatic rings. The van der Waals surface area contributed by atoms with Crippen molar-refractivity contribution in [2.75, 3.05) is 38.0 Å². The molecule has 0 amide bonds. The van der Waals surface area contributed by atoms with E-state index in [4.69, 9.17) is 21.1 Å². The number of nitrogens with zero attached hydrogens (tertiary/aromatic N) is 4.